The van der Waals surface area contributed by atoms with Crippen LogP contribution in [-0.4, -0.2) is 23.7 Å². The maximum atomic E-state index is 13.4. The molecule has 0 bridgehead atoms. The van der Waals surface area contributed by atoms with Gasteiger partial charge in [0.2, 0.25) is 0 Å². The third-order valence-electron chi connectivity index (χ3n) is 3.00. The predicted octanol–water partition coefficient (Wildman–Crippen LogP) is 1.63. The Balaban J connectivity index is 1.96. The third kappa shape index (κ3) is 3.03. The van der Waals surface area contributed by atoms with Gasteiger partial charge in [-0.15, -0.1) is 0 Å². The minimum Gasteiger partial charge on any atom is -0.391 e. The zero-order valence-electron chi connectivity index (χ0n) is 9.74. The Morgan fingerprint density at radius 1 is 1.59 bits per heavy atom. The van der Waals surface area contributed by atoms with E-state index in [0.717, 1.165) is 18.4 Å². The maximum absolute atomic E-state index is 13.4. The molecule has 1 saturated carbocycles. The molecule has 17 heavy (non-hydrogen) atoms. The lowest BCUT2D eigenvalue weighted by atomic mass is 10.1. The quantitative estimate of drug-likeness (QED) is 0.836. The van der Waals surface area contributed by atoms with Crippen LogP contribution in [0.15, 0.2) is 18.2 Å². The van der Waals surface area contributed by atoms with Crippen molar-refractivity contribution in [3.8, 4) is 0 Å². The summed E-state index contributed by atoms with van der Waals surface area (Å²) in [5.74, 6) is -0.697. The van der Waals surface area contributed by atoms with Gasteiger partial charge >= 0.3 is 0 Å². The third-order valence-corrected chi connectivity index (χ3v) is 3.00. The minimum atomic E-state index is -0.533. The fourth-order valence-electron chi connectivity index (χ4n) is 1.75. The normalized spacial score (nSPS) is 16.6. The highest BCUT2D eigenvalue weighted by Crippen LogP contribution is 2.32. The molecular formula is C13H16FNO2. The van der Waals surface area contributed by atoms with E-state index in [4.69, 9.17) is 0 Å². The summed E-state index contributed by atoms with van der Waals surface area (Å²) in [6.45, 7) is 1.99. The Bertz CT molecular complexity index is 429. The molecule has 4 heteroatoms. The number of aryl methyl sites for hydroxylation is 1. The van der Waals surface area contributed by atoms with Crippen molar-refractivity contribution < 1.29 is 14.3 Å². The second-order valence-corrected chi connectivity index (χ2v) is 4.60. The average molecular weight is 237 g/mol. The van der Waals surface area contributed by atoms with Gasteiger partial charge in [-0.2, -0.15) is 0 Å². The van der Waals surface area contributed by atoms with Crippen LogP contribution >= 0.6 is 0 Å². The molecule has 92 valence electrons. The van der Waals surface area contributed by atoms with Crippen molar-refractivity contribution in [3.63, 3.8) is 0 Å². The fraction of sp³-hybridized carbons (Fsp3) is 0.462. The first-order chi connectivity index (χ1) is 8.08. The van der Waals surface area contributed by atoms with E-state index in [-0.39, 0.29) is 12.1 Å². The summed E-state index contributed by atoms with van der Waals surface area (Å²) < 4.78 is 13.4. The van der Waals surface area contributed by atoms with Crippen molar-refractivity contribution in [2.75, 3.05) is 6.54 Å². The Hall–Kier alpha value is -1.42. The molecule has 1 aromatic rings. The second-order valence-electron chi connectivity index (χ2n) is 4.60. The number of benzene rings is 1. The van der Waals surface area contributed by atoms with E-state index in [1.54, 1.807) is 13.0 Å². The molecule has 1 unspecified atom stereocenters. The van der Waals surface area contributed by atoms with E-state index < -0.39 is 17.8 Å². The lowest BCUT2D eigenvalue weighted by Crippen LogP contribution is -2.33. The smallest absolute Gasteiger partial charge is 0.254 e. The van der Waals surface area contributed by atoms with E-state index in [0.29, 0.717) is 5.92 Å². The first-order valence-corrected chi connectivity index (χ1v) is 5.80. The fourth-order valence-corrected chi connectivity index (χ4v) is 1.75. The first-order valence-electron chi connectivity index (χ1n) is 5.80. The van der Waals surface area contributed by atoms with Gasteiger partial charge in [-0.3, -0.25) is 4.79 Å². The van der Waals surface area contributed by atoms with Gasteiger partial charge in [-0.1, -0.05) is 11.6 Å². The number of halogens is 1. The van der Waals surface area contributed by atoms with Gasteiger partial charge in [-0.05, 0) is 37.8 Å². The van der Waals surface area contributed by atoms with Crippen LogP contribution in [-0.2, 0) is 0 Å². The standard InChI is InChI=1S/C13H16FNO2/c1-8-2-5-11(14)10(6-8)13(17)15-7-12(16)9-3-4-9/h2,5-6,9,12,16H,3-4,7H2,1H3,(H,15,17). The molecule has 1 amide bonds. The van der Waals surface area contributed by atoms with Crippen molar-refractivity contribution in [1.29, 1.82) is 0 Å². The van der Waals surface area contributed by atoms with Gasteiger partial charge in [0.15, 0.2) is 0 Å². The van der Waals surface area contributed by atoms with E-state index in [2.05, 4.69) is 5.32 Å². The molecule has 0 aromatic heterocycles. The van der Waals surface area contributed by atoms with Crippen LogP contribution in [0, 0.1) is 18.7 Å². The van der Waals surface area contributed by atoms with Crippen LogP contribution in [0.5, 0.6) is 0 Å². The number of aliphatic hydroxyl groups is 1. The monoisotopic (exact) mass is 237 g/mol. The van der Waals surface area contributed by atoms with Gasteiger partial charge in [-0.25, -0.2) is 4.39 Å². The number of carbonyl (C=O) groups is 1. The second kappa shape index (κ2) is 4.84. The predicted molar refractivity (Wildman–Crippen MR) is 62.2 cm³/mol. The van der Waals surface area contributed by atoms with Crippen molar-refractivity contribution in [1.82, 2.24) is 5.32 Å². The molecule has 0 radical (unpaired) electrons. The highest BCUT2D eigenvalue weighted by atomic mass is 19.1. The van der Waals surface area contributed by atoms with Crippen molar-refractivity contribution in [2.24, 2.45) is 5.92 Å². The van der Waals surface area contributed by atoms with Gasteiger partial charge in [0.1, 0.15) is 5.82 Å². The zero-order chi connectivity index (χ0) is 12.4. The zero-order valence-corrected chi connectivity index (χ0v) is 9.74. The molecule has 3 nitrogen and oxygen atoms in total. The van der Waals surface area contributed by atoms with Crippen LogP contribution in [0.4, 0.5) is 4.39 Å². The number of aliphatic hydroxyl groups excluding tert-OH is 1. The lowest BCUT2D eigenvalue weighted by Gasteiger charge is -2.11. The van der Waals surface area contributed by atoms with E-state index in [1.807, 2.05) is 0 Å². The first kappa shape index (κ1) is 12.0. The Morgan fingerprint density at radius 2 is 2.29 bits per heavy atom. The summed E-state index contributed by atoms with van der Waals surface area (Å²) in [5.41, 5.74) is 0.868. The van der Waals surface area contributed by atoms with Gasteiger partial charge in [0.05, 0.1) is 11.7 Å². The summed E-state index contributed by atoms with van der Waals surface area (Å²) in [4.78, 5) is 11.7. The number of hydrogen-bond acceptors (Lipinski definition) is 2. The van der Waals surface area contributed by atoms with Crippen LogP contribution in [0.25, 0.3) is 0 Å². The number of amides is 1. The summed E-state index contributed by atoms with van der Waals surface area (Å²) in [6, 6.07) is 4.40. The molecule has 0 aliphatic heterocycles. The number of carbonyl (C=O) groups excluding carboxylic acids is 1. The highest BCUT2D eigenvalue weighted by Gasteiger charge is 2.29. The summed E-state index contributed by atoms with van der Waals surface area (Å²) in [7, 11) is 0. The molecule has 1 aliphatic rings. The Morgan fingerprint density at radius 3 is 2.94 bits per heavy atom. The number of hydrogen-bond donors (Lipinski definition) is 2. The van der Waals surface area contributed by atoms with Crippen LogP contribution < -0.4 is 5.32 Å². The molecular weight excluding hydrogens is 221 g/mol. The van der Waals surface area contributed by atoms with E-state index in [1.165, 1.54) is 12.1 Å². The molecule has 0 spiro atoms. The largest absolute Gasteiger partial charge is 0.391 e. The van der Waals surface area contributed by atoms with Crippen LogP contribution in [0.3, 0.4) is 0 Å². The average Bonchev–Trinajstić information content (AvgIpc) is 3.12. The molecule has 2 rings (SSSR count). The molecule has 0 heterocycles. The Kier molecular flexibility index (Phi) is 3.43. The molecule has 1 aromatic carbocycles. The SMILES string of the molecule is Cc1ccc(F)c(C(=O)NCC(O)C2CC2)c1. The summed E-state index contributed by atoms with van der Waals surface area (Å²) in [6.07, 6.45) is 1.51. The van der Waals surface area contributed by atoms with Crippen LogP contribution in [0.2, 0.25) is 0 Å². The van der Waals surface area contributed by atoms with Crippen molar-refractivity contribution >= 4 is 5.91 Å². The topological polar surface area (TPSA) is 49.3 Å². The number of rotatable bonds is 4. The van der Waals surface area contributed by atoms with Gasteiger partial charge < -0.3 is 10.4 Å². The molecule has 0 saturated heterocycles. The molecule has 1 fully saturated rings. The van der Waals surface area contributed by atoms with Crippen molar-refractivity contribution in [3.05, 3.63) is 35.1 Å². The van der Waals surface area contributed by atoms with Crippen LogP contribution in [0.1, 0.15) is 28.8 Å². The van der Waals surface area contributed by atoms with Crippen molar-refractivity contribution in [2.45, 2.75) is 25.9 Å². The molecule has 1 aliphatic carbocycles. The van der Waals surface area contributed by atoms with E-state index >= 15 is 0 Å². The highest BCUT2D eigenvalue weighted by molar-refractivity contribution is 5.94. The minimum absolute atomic E-state index is 0.0352. The summed E-state index contributed by atoms with van der Waals surface area (Å²) in [5, 5.41) is 12.2. The Labute approximate surface area is 99.7 Å². The van der Waals surface area contributed by atoms with Gasteiger partial charge in [0, 0.05) is 6.54 Å². The molecule has 1 atom stereocenters. The maximum Gasteiger partial charge on any atom is 0.254 e. The lowest BCUT2D eigenvalue weighted by molar-refractivity contribution is 0.0897. The number of nitrogens with one attached hydrogen (secondary N) is 1. The summed E-state index contributed by atoms with van der Waals surface area (Å²) >= 11 is 0. The molecule has 2 N–H and O–H groups in total. The van der Waals surface area contributed by atoms with E-state index in [9.17, 15) is 14.3 Å². The van der Waals surface area contributed by atoms with Gasteiger partial charge in [0.25, 0.3) is 5.91 Å².